The van der Waals surface area contributed by atoms with Crippen LogP contribution in [-0.2, 0) is 18.0 Å². The third-order valence-corrected chi connectivity index (χ3v) is 4.01. The highest BCUT2D eigenvalue weighted by atomic mass is 79.9. The lowest BCUT2D eigenvalue weighted by Gasteiger charge is -2.08. The van der Waals surface area contributed by atoms with Gasteiger partial charge in [0.05, 0.1) is 18.1 Å². The number of halogens is 2. The van der Waals surface area contributed by atoms with E-state index in [1.165, 1.54) is 6.07 Å². The Balaban J connectivity index is 2.03. The first-order valence-electron chi connectivity index (χ1n) is 5.82. The number of rotatable bonds is 5. The summed E-state index contributed by atoms with van der Waals surface area (Å²) in [5.74, 6) is 0. The van der Waals surface area contributed by atoms with Crippen LogP contribution in [0.25, 0.3) is 0 Å². The standard InChI is InChI=1S/C14H11BrClNO3/c15-14-11(5-3-7-13(14)17(18)19)9-20-8-10-4-1-2-6-12(10)16/h1-7H,8-9H2. The van der Waals surface area contributed by atoms with E-state index < -0.39 is 4.92 Å². The zero-order valence-electron chi connectivity index (χ0n) is 10.4. The number of benzene rings is 2. The van der Waals surface area contributed by atoms with Gasteiger partial charge in [0, 0.05) is 11.1 Å². The summed E-state index contributed by atoms with van der Waals surface area (Å²) in [4.78, 5) is 10.4. The van der Waals surface area contributed by atoms with E-state index in [2.05, 4.69) is 15.9 Å². The first-order valence-corrected chi connectivity index (χ1v) is 6.99. The van der Waals surface area contributed by atoms with Gasteiger partial charge in [0.1, 0.15) is 4.47 Å². The number of ether oxygens (including phenoxy) is 1. The van der Waals surface area contributed by atoms with Crippen molar-refractivity contribution in [3.05, 3.63) is 73.2 Å². The predicted octanol–water partition coefficient (Wildman–Crippen LogP) is 4.73. The number of nitrogens with zero attached hydrogens (tertiary/aromatic N) is 1. The van der Waals surface area contributed by atoms with Crippen molar-refractivity contribution in [1.82, 2.24) is 0 Å². The maximum absolute atomic E-state index is 10.8. The summed E-state index contributed by atoms with van der Waals surface area (Å²) in [7, 11) is 0. The maximum atomic E-state index is 10.8. The highest BCUT2D eigenvalue weighted by Crippen LogP contribution is 2.29. The Kier molecular flexibility index (Phi) is 5.11. The summed E-state index contributed by atoms with van der Waals surface area (Å²) in [6.45, 7) is 0.627. The van der Waals surface area contributed by atoms with Crippen LogP contribution in [0, 0.1) is 10.1 Å². The molecule has 0 amide bonds. The summed E-state index contributed by atoms with van der Waals surface area (Å²) in [6, 6.07) is 12.3. The van der Waals surface area contributed by atoms with Crippen molar-refractivity contribution in [3.63, 3.8) is 0 Å². The van der Waals surface area contributed by atoms with Crippen LogP contribution in [0.15, 0.2) is 46.9 Å². The Bertz CT molecular complexity index is 634. The quantitative estimate of drug-likeness (QED) is 0.575. The molecule has 0 saturated heterocycles. The molecule has 0 radical (unpaired) electrons. The Morgan fingerprint density at radius 2 is 1.75 bits per heavy atom. The van der Waals surface area contributed by atoms with Crippen molar-refractivity contribution in [2.45, 2.75) is 13.2 Å². The van der Waals surface area contributed by atoms with E-state index in [0.29, 0.717) is 16.1 Å². The summed E-state index contributed by atoms with van der Waals surface area (Å²) in [5, 5.41) is 11.5. The second-order valence-corrected chi connectivity index (χ2v) is 5.29. The van der Waals surface area contributed by atoms with Crippen LogP contribution in [0.4, 0.5) is 5.69 Å². The Labute approximate surface area is 129 Å². The van der Waals surface area contributed by atoms with Gasteiger partial charge in [-0.1, -0.05) is 41.9 Å². The van der Waals surface area contributed by atoms with Crippen LogP contribution in [0.5, 0.6) is 0 Å². The van der Waals surface area contributed by atoms with E-state index in [4.69, 9.17) is 16.3 Å². The highest BCUT2D eigenvalue weighted by molar-refractivity contribution is 9.10. The molecule has 2 rings (SSSR count). The summed E-state index contributed by atoms with van der Waals surface area (Å²) in [6.07, 6.45) is 0. The second-order valence-electron chi connectivity index (χ2n) is 4.09. The molecule has 2 aromatic rings. The van der Waals surface area contributed by atoms with Crippen molar-refractivity contribution in [2.24, 2.45) is 0 Å². The normalized spacial score (nSPS) is 10.5. The van der Waals surface area contributed by atoms with Crippen LogP contribution < -0.4 is 0 Å². The molecule has 0 heterocycles. The molecule has 0 fully saturated rings. The Morgan fingerprint density at radius 3 is 2.45 bits per heavy atom. The molecular weight excluding hydrogens is 346 g/mol. The van der Waals surface area contributed by atoms with E-state index in [1.807, 2.05) is 18.2 Å². The van der Waals surface area contributed by atoms with Crippen LogP contribution >= 0.6 is 27.5 Å². The molecule has 2 aromatic carbocycles. The zero-order valence-corrected chi connectivity index (χ0v) is 12.7. The van der Waals surface area contributed by atoms with Crippen LogP contribution in [0.3, 0.4) is 0 Å². The fourth-order valence-corrected chi connectivity index (χ4v) is 2.42. The third-order valence-electron chi connectivity index (χ3n) is 2.73. The summed E-state index contributed by atoms with van der Waals surface area (Å²) in [5.41, 5.74) is 1.64. The lowest BCUT2D eigenvalue weighted by atomic mass is 10.2. The first kappa shape index (κ1) is 15.0. The van der Waals surface area contributed by atoms with Crippen molar-refractivity contribution in [2.75, 3.05) is 0 Å². The van der Waals surface area contributed by atoms with E-state index in [0.717, 1.165) is 11.1 Å². The molecule has 0 saturated carbocycles. The van der Waals surface area contributed by atoms with Gasteiger partial charge in [0.25, 0.3) is 5.69 Å². The molecule has 0 aliphatic heterocycles. The van der Waals surface area contributed by atoms with Gasteiger partial charge >= 0.3 is 0 Å². The van der Waals surface area contributed by atoms with Crippen molar-refractivity contribution >= 4 is 33.2 Å². The van der Waals surface area contributed by atoms with Crippen LogP contribution in [0.1, 0.15) is 11.1 Å². The minimum atomic E-state index is -0.429. The molecular formula is C14H11BrClNO3. The van der Waals surface area contributed by atoms with Crippen LogP contribution in [-0.4, -0.2) is 4.92 Å². The van der Waals surface area contributed by atoms with Crippen molar-refractivity contribution in [1.29, 1.82) is 0 Å². The molecule has 0 aliphatic carbocycles. The predicted molar refractivity (Wildman–Crippen MR) is 80.7 cm³/mol. The molecule has 104 valence electrons. The van der Waals surface area contributed by atoms with Crippen molar-refractivity contribution in [3.8, 4) is 0 Å². The monoisotopic (exact) mass is 355 g/mol. The minimum absolute atomic E-state index is 0.0313. The zero-order chi connectivity index (χ0) is 14.5. The fourth-order valence-electron chi connectivity index (χ4n) is 1.71. The van der Waals surface area contributed by atoms with E-state index in [9.17, 15) is 10.1 Å². The molecule has 6 heteroatoms. The van der Waals surface area contributed by atoms with Gasteiger partial charge in [-0.15, -0.1) is 0 Å². The molecule has 20 heavy (non-hydrogen) atoms. The first-order chi connectivity index (χ1) is 9.59. The number of hydrogen-bond donors (Lipinski definition) is 0. The molecule has 0 aliphatic rings. The number of nitro benzene ring substituents is 1. The molecule has 0 aromatic heterocycles. The lowest BCUT2D eigenvalue weighted by molar-refractivity contribution is -0.385. The SMILES string of the molecule is O=[N+]([O-])c1cccc(COCc2ccccc2Cl)c1Br. The molecule has 0 N–H and O–H groups in total. The van der Waals surface area contributed by atoms with Crippen molar-refractivity contribution < 1.29 is 9.66 Å². The van der Waals surface area contributed by atoms with Gasteiger partial charge in [-0.2, -0.15) is 0 Å². The van der Waals surface area contributed by atoms with Crippen LogP contribution in [0.2, 0.25) is 5.02 Å². The molecule has 0 atom stereocenters. The van der Waals surface area contributed by atoms with Gasteiger partial charge in [-0.05, 0) is 33.1 Å². The summed E-state index contributed by atoms with van der Waals surface area (Å²) >= 11 is 9.26. The molecule has 0 unspecified atom stereocenters. The average Bonchev–Trinajstić information content (AvgIpc) is 2.42. The third kappa shape index (κ3) is 3.56. The van der Waals surface area contributed by atoms with Gasteiger partial charge in [0.2, 0.25) is 0 Å². The van der Waals surface area contributed by atoms with Gasteiger partial charge < -0.3 is 4.74 Å². The Morgan fingerprint density at radius 1 is 1.10 bits per heavy atom. The second kappa shape index (κ2) is 6.83. The largest absolute Gasteiger partial charge is 0.372 e. The maximum Gasteiger partial charge on any atom is 0.283 e. The van der Waals surface area contributed by atoms with E-state index in [1.54, 1.807) is 18.2 Å². The molecule has 4 nitrogen and oxygen atoms in total. The van der Waals surface area contributed by atoms with Gasteiger partial charge in [0.15, 0.2) is 0 Å². The number of nitro groups is 1. The smallest absolute Gasteiger partial charge is 0.283 e. The molecule has 0 bridgehead atoms. The molecule has 0 spiro atoms. The average molecular weight is 357 g/mol. The minimum Gasteiger partial charge on any atom is -0.372 e. The van der Waals surface area contributed by atoms with E-state index >= 15 is 0 Å². The highest BCUT2D eigenvalue weighted by Gasteiger charge is 2.14. The lowest BCUT2D eigenvalue weighted by Crippen LogP contribution is -1.98. The van der Waals surface area contributed by atoms with Gasteiger partial charge in [-0.3, -0.25) is 10.1 Å². The topological polar surface area (TPSA) is 52.4 Å². The van der Waals surface area contributed by atoms with Gasteiger partial charge in [-0.25, -0.2) is 0 Å². The summed E-state index contributed by atoms with van der Waals surface area (Å²) < 4.78 is 6.01. The van der Waals surface area contributed by atoms with E-state index in [-0.39, 0.29) is 12.3 Å². The fraction of sp³-hybridized carbons (Fsp3) is 0.143. The Hall–Kier alpha value is -1.43. The number of hydrogen-bond acceptors (Lipinski definition) is 3.